The van der Waals surface area contributed by atoms with E-state index >= 15 is 0 Å². The molecule has 0 aliphatic rings. The zero-order valence-corrected chi connectivity index (χ0v) is 14.8. The van der Waals surface area contributed by atoms with Crippen LogP contribution in [0, 0.1) is 18.6 Å². The molecule has 1 aromatic heterocycles. The van der Waals surface area contributed by atoms with Crippen LogP contribution < -0.4 is 5.32 Å². The quantitative estimate of drug-likeness (QED) is 0.692. The van der Waals surface area contributed by atoms with Crippen molar-refractivity contribution in [3.8, 4) is 5.69 Å². The Kier molecular flexibility index (Phi) is 5.27. The standard InChI is InChI=1S/C17H15F2N5OS/c1-10-5-3-6-12(9-10)24-17(21-22-23-24)26-11(2)16(25)20-15-13(18)7-4-8-14(15)19/h3-9,11H,1-2H3,(H,20,25). The fraction of sp³-hybridized carbons (Fsp3) is 0.176. The van der Waals surface area contributed by atoms with Crippen molar-refractivity contribution < 1.29 is 13.6 Å². The van der Waals surface area contributed by atoms with Crippen LogP contribution in [-0.4, -0.2) is 31.4 Å². The third kappa shape index (κ3) is 3.88. The monoisotopic (exact) mass is 375 g/mol. The van der Waals surface area contributed by atoms with Crippen LogP contribution in [0.5, 0.6) is 0 Å². The van der Waals surface area contributed by atoms with Gasteiger partial charge < -0.3 is 5.32 Å². The first-order valence-corrected chi connectivity index (χ1v) is 8.60. The van der Waals surface area contributed by atoms with Gasteiger partial charge in [-0.25, -0.2) is 8.78 Å². The molecule has 0 saturated heterocycles. The lowest BCUT2D eigenvalue weighted by Gasteiger charge is -2.12. The van der Waals surface area contributed by atoms with Crippen LogP contribution in [0.25, 0.3) is 5.69 Å². The number of carbonyl (C=O) groups is 1. The molecule has 0 bridgehead atoms. The number of para-hydroxylation sites is 1. The molecule has 3 aromatic rings. The van der Waals surface area contributed by atoms with Gasteiger partial charge in [-0.2, -0.15) is 4.68 Å². The lowest BCUT2D eigenvalue weighted by Crippen LogP contribution is -2.24. The van der Waals surface area contributed by atoms with Crippen LogP contribution in [0.3, 0.4) is 0 Å². The lowest BCUT2D eigenvalue weighted by atomic mass is 10.2. The number of halogens is 2. The zero-order valence-electron chi connectivity index (χ0n) is 14.0. The van der Waals surface area contributed by atoms with Gasteiger partial charge in [0.25, 0.3) is 0 Å². The van der Waals surface area contributed by atoms with Gasteiger partial charge in [0.15, 0.2) is 0 Å². The molecule has 0 spiro atoms. The van der Waals surface area contributed by atoms with E-state index < -0.39 is 28.5 Å². The normalized spacial score (nSPS) is 12.0. The van der Waals surface area contributed by atoms with Crippen LogP contribution in [-0.2, 0) is 4.79 Å². The number of benzene rings is 2. The third-order valence-corrected chi connectivity index (χ3v) is 4.58. The molecule has 2 aromatic carbocycles. The largest absolute Gasteiger partial charge is 0.320 e. The number of nitrogens with zero attached hydrogens (tertiary/aromatic N) is 4. The number of rotatable bonds is 5. The molecular weight excluding hydrogens is 360 g/mol. The summed E-state index contributed by atoms with van der Waals surface area (Å²) in [5.74, 6) is -2.22. The molecule has 6 nitrogen and oxygen atoms in total. The Hall–Kier alpha value is -2.81. The topological polar surface area (TPSA) is 72.7 Å². The summed E-state index contributed by atoms with van der Waals surface area (Å²) in [5, 5.41) is 13.5. The van der Waals surface area contributed by atoms with Crippen molar-refractivity contribution in [2.45, 2.75) is 24.3 Å². The minimum absolute atomic E-state index is 0.396. The van der Waals surface area contributed by atoms with Crippen molar-refractivity contribution in [1.82, 2.24) is 20.2 Å². The fourth-order valence-corrected chi connectivity index (χ4v) is 3.04. The first-order chi connectivity index (χ1) is 12.5. The van der Waals surface area contributed by atoms with Crippen molar-refractivity contribution in [1.29, 1.82) is 0 Å². The van der Waals surface area contributed by atoms with Crippen molar-refractivity contribution in [2.24, 2.45) is 0 Å². The summed E-state index contributed by atoms with van der Waals surface area (Å²) < 4.78 is 28.9. The smallest absolute Gasteiger partial charge is 0.237 e. The summed E-state index contributed by atoms with van der Waals surface area (Å²) in [7, 11) is 0. The van der Waals surface area contributed by atoms with Gasteiger partial charge in [-0.15, -0.1) is 5.10 Å². The van der Waals surface area contributed by atoms with Crippen molar-refractivity contribution >= 4 is 23.4 Å². The molecule has 134 valence electrons. The second-order valence-corrected chi connectivity index (χ2v) is 6.87. The predicted molar refractivity (Wildman–Crippen MR) is 94.2 cm³/mol. The maximum Gasteiger partial charge on any atom is 0.237 e. The molecule has 26 heavy (non-hydrogen) atoms. The number of hydrogen-bond acceptors (Lipinski definition) is 5. The Labute approximate surface area is 152 Å². The Morgan fingerprint density at radius 1 is 1.19 bits per heavy atom. The highest BCUT2D eigenvalue weighted by molar-refractivity contribution is 8.00. The van der Waals surface area contributed by atoms with Gasteiger partial charge in [0.1, 0.15) is 17.3 Å². The highest BCUT2D eigenvalue weighted by Gasteiger charge is 2.21. The van der Waals surface area contributed by atoms with Crippen molar-refractivity contribution in [3.05, 3.63) is 59.7 Å². The van der Waals surface area contributed by atoms with Crippen molar-refractivity contribution in [3.63, 3.8) is 0 Å². The number of amides is 1. The number of hydrogen-bond donors (Lipinski definition) is 1. The summed E-state index contributed by atoms with van der Waals surface area (Å²) in [6.07, 6.45) is 0. The predicted octanol–water partition coefficient (Wildman–Crippen LogP) is 3.37. The number of anilines is 1. The molecular formula is C17H15F2N5OS. The molecule has 9 heteroatoms. The summed E-state index contributed by atoms with van der Waals surface area (Å²) in [6.45, 7) is 3.55. The molecule has 0 aliphatic carbocycles. The van der Waals surface area contributed by atoms with Gasteiger partial charge in [0.2, 0.25) is 11.1 Å². The molecule has 1 amide bonds. The van der Waals surface area contributed by atoms with Crippen LogP contribution in [0.4, 0.5) is 14.5 Å². The highest BCUT2D eigenvalue weighted by atomic mass is 32.2. The molecule has 1 atom stereocenters. The molecule has 0 saturated carbocycles. The second-order valence-electron chi connectivity index (χ2n) is 5.56. The number of aromatic nitrogens is 4. The molecule has 1 N–H and O–H groups in total. The molecule has 3 rings (SSSR count). The highest BCUT2D eigenvalue weighted by Crippen LogP contribution is 2.25. The van der Waals surface area contributed by atoms with E-state index in [2.05, 4.69) is 20.8 Å². The van der Waals surface area contributed by atoms with Gasteiger partial charge in [0.05, 0.1) is 10.9 Å². The van der Waals surface area contributed by atoms with E-state index in [9.17, 15) is 13.6 Å². The van der Waals surface area contributed by atoms with Crippen LogP contribution in [0.2, 0.25) is 0 Å². The summed E-state index contributed by atoms with van der Waals surface area (Å²) in [4.78, 5) is 12.3. The zero-order chi connectivity index (χ0) is 18.7. The van der Waals surface area contributed by atoms with Crippen LogP contribution in [0.1, 0.15) is 12.5 Å². The Morgan fingerprint density at radius 2 is 1.88 bits per heavy atom. The van der Waals surface area contributed by atoms with Crippen LogP contribution >= 0.6 is 11.8 Å². The first-order valence-electron chi connectivity index (χ1n) is 7.72. The third-order valence-electron chi connectivity index (χ3n) is 3.55. The number of tetrazole rings is 1. The maximum absolute atomic E-state index is 13.7. The van der Waals surface area contributed by atoms with E-state index in [4.69, 9.17) is 0 Å². The Balaban J connectivity index is 1.76. The van der Waals surface area contributed by atoms with E-state index in [-0.39, 0.29) is 0 Å². The number of aryl methyl sites for hydroxylation is 1. The van der Waals surface area contributed by atoms with E-state index in [0.29, 0.717) is 5.16 Å². The Bertz CT molecular complexity index is 926. The van der Waals surface area contributed by atoms with Crippen LogP contribution in [0.15, 0.2) is 47.6 Å². The minimum atomic E-state index is -0.833. The van der Waals surface area contributed by atoms with Gasteiger partial charge in [-0.3, -0.25) is 4.79 Å². The molecule has 0 aliphatic heterocycles. The van der Waals surface area contributed by atoms with Crippen molar-refractivity contribution in [2.75, 3.05) is 5.32 Å². The number of nitrogens with one attached hydrogen (secondary N) is 1. The van der Waals surface area contributed by atoms with E-state index in [1.807, 2.05) is 31.2 Å². The second kappa shape index (κ2) is 7.61. The molecule has 0 fully saturated rings. The number of carbonyl (C=O) groups excluding carboxylic acids is 1. The van der Waals surface area contributed by atoms with Gasteiger partial charge >= 0.3 is 0 Å². The summed E-state index contributed by atoms with van der Waals surface area (Å²) >= 11 is 1.09. The number of thioether (sulfide) groups is 1. The molecule has 1 heterocycles. The van der Waals surface area contributed by atoms with E-state index in [1.54, 1.807) is 6.92 Å². The van der Waals surface area contributed by atoms with E-state index in [0.717, 1.165) is 35.1 Å². The first kappa shape index (κ1) is 18.0. The average Bonchev–Trinajstić information content (AvgIpc) is 3.06. The SMILES string of the molecule is Cc1cccc(-n2nnnc2SC(C)C(=O)Nc2c(F)cccc2F)c1. The minimum Gasteiger partial charge on any atom is -0.320 e. The molecule has 1 unspecified atom stereocenters. The lowest BCUT2D eigenvalue weighted by molar-refractivity contribution is -0.115. The maximum atomic E-state index is 13.7. The summed E-state index contributed by atoms with van der Waals surface area (Å²) in [5.41, 5.74) is 1.32. The summed E-state index contributed by atoms with van der Waals surface area (Å²) in [6, 6.07) is 10.9. The van der Waals surface area contributed by atoms with E-state index in [1.165, 1.54) is 10.7 Å². The van der Waals surface area contributed by atoms with Gasteiger partial charge in [-0.1, -0.05) is 30.0 Å². The van der Waals surface area contributed by atoms with Gasteiger partial charge in [0, 0.05) is 0 Å². The fourth-order valence-electron chi connectivity index (χ4n) is 2.23. The molecule has 0 radical (unpaired) electrons. The van der Waals surface area contributed by atoms with Gasteiger partial charge in [-0.05, 0) is 54.1 Å². The Morgan fingerprint density at radius 3 is 2.58 bits per heavy atom. The average molecular weight is 375 g/mol.